The minimum atomic E-state index is -0.870. The Labute approximate surface area is 189 Å². The van der Waals surface area contributed by atoms with Crippen LogP contribution in [0.4, 0.5) is 0 Å². The summed E-state index contributed by atoms with van der Waals surface area (Å²) in [6.45, 7) is 6.44. The lowest BCUT2D eigenvalue weighted by molar-refractivity contribution is -0.147. The van der Waals surface area contributed by atoms with Crippen molar-refractivity contribution in [2.75, 3.05) is 39.9 Å². The fourth-order valence-electron chi connectivity index (χ4n) is 5.02. The molecule has 3 aliphatic heterocycles. The molecule has 32 heavy (non-hydrogen) atoms. The number of rotatable bonds is 4. The van der Waals surface area contributed by atoms with E-state index in [1.807, 2.05) is 23.6 Å². The van der Waals surface area contributed by atoms with Crippen molar-refractivity contribution in [3.05, 3.63) is 29.8 Å². The third-order valence-corrected chi connectivity index (χ3v) is 6.87. The highest BCUT2D eigenvalue weighted by molar-refractivity contribution is 5.98. The summed E-state index contributed by atoms with van der Waals surface area (Å²) < 4.78 is 11.5. The minimum Gasteiger partial charge on any atom is -0.497 e. The Kier molecular flexibility index (Phi) is 6.42. The zero-order valence-electron chi connectivity index (χ0n) is 19.2. The second kappa shape index (κ2) is 9.10. The average molecular weight is 444 g/mol. The maximum atomic E-state index is 13.7. The zero-order chi connectivity index (χ0) is 22.9. The highest BCUT2D eigenvalue weighted by Gasteiger charge is 2.55. The number of methoxy groups -OCH3 is 1. The second-order valence-corrected chi connectivity index (χ2v) is 9.19. The summed E-state index contributed by atoms with van der Waals surface area (Å²) in [7, 11) is 1.58. The molecule has 1 aromatic carbocycles. The summed E-state index contributed by atoms with van der Waals surface area (Å²) in [5, 5.41) is 0. The van der Waals surface area contributed by atoms with E-state index in [9.17, 15) is 14.4 Å². The molecule has 0 saturated carbocycles. The first kappa shape index (κ1) is 22.6. The fraction of sp³-hybridized carbons (Fsp3) is 0.625. The number of benzene rings is 1. The first-order chi connectivity index (χ1) is 15.4. The number of nitrogens with zero attached hydrogens (tertiary/aromatic N) is 3. The van der Waals surface area contributed by atoms with E-state index in [0.717, 1.165) is 25.9 Å². The molecule has 1 aromatic rings. The number of likely N-dealkylation sites (tertiary alicyclic amines) is 2. The largest absolute Gasteiger partial charge is 0.497 e. The van der Waals surface area contributed by atoms with Gasteiger partial charge in [-0.1, -0.05) is 13.8 Å². The summed E-state index contributed by atoms with van der Waals surface area (Å²) in [6.07, 6.45) is 2.97. The van der Waals surface area contributed by atoms with Gasteiger partial charge in [-0.25, -0.2) is 0 Å². The van der Waals surface area contributed by atoms with Gasteiger partial charge in [-0.15, -0.1) is 0 Å². The number of amides is 3. The number of carbonyl (C=O) groups excluding carboxylic acids is 3. The normalized spacial score (nSPS) is 22.6. The minimum absolute atomic E-state index is 0.0399. The van der Waals surface area contributed by atoms with E-state index >= 15 is 0 Å². The summed E-state index contributed by atoms with van der Waals surface area (Å²) in [5.74, 6) is 0.443. The summed E-state index contributed by atoms with van der Waals surface area (Å²) in [4.78, 5) is 44.9. The molecule has 4 rings (SSSR count). The highest BCUT2D eigenvalue weighted by Crippen LogP contribution is 2.39. The van der Waals surface area contributed by atoms with Gasteiger partial charge in [0.25, 0.3) is 5.91 Å². The van der Waals surface area contributed by atoms with E-state index in [1.54, 1.807) is 36.3 Å². The van der Waals surface area contributed by atoms with Crippen LogP contribution in [0, 0.1) is 5.92 Å². The number of ether oxygens (including phenoxy) is 2. The Morgan fingerprint density at radius 2 is 1.62 bits per heavy atom. The number of hydrogen-bond acceptors (Lipinski definition) is 5. The SMILES string of the molecule is COc1ccc(C(=O)N2C(C(=O)N3CCCC3)COC23CCN(C(=O)C(C)C)CC3)cc1. The smallest absolute Gasteiger partial charge is 0.256 e. The van der Waals surface area contributed by atoms with Crippen LogP contribution < -0.4 is 4.74 Å². The third-order valence-electron chi connectivity index (χ3n) is 6.87. The van der Waals surface area contributed by atoms with Crippen molar-refractivity contribution < 1.29 is 23.9 Å². The van der Waals surface area contributed by atoms with Crippen molar-refractivity contribution in [1.29, 1.82) is 0 Å². The summed E-state index contributed by atoms with van der Waals surface area (Å²) in [5.41, 5.74) is -0.374. The molecule has 0 aromatic heterocycles. The van der Waals surface area contributed by atoms with Crippen LogP contribution in [-0.4, -0.2) is 84.1 Å². The van der Waals surface area contributed by atoms with Crippen LogP contribution in [0.5, 0.6) is 5.75 Å². The third kappa shape index (κ3) is 4.08. The Hall–Kier alpha value is -2.61. The van der Waals surface area contributed by atoms with Gasteiger partial charge in [-0.2, -0.15) is 0 Å². The van der Waals surface area contributed by atoms with E-state index in [1.165, 1.54) is 0 Å². The van der Waals surface area contributed by atoms with Crippen molar-refractivity contribution in [2.24, 2.45) is 5.92 Å². The van der Waals surface area contributed by atoms with E-state index < -0.39 is 11.8 Å². The van der Waals surface area contributed by atoms with Gasteiger partial charge in [-0.3, -0.25) is 19.3 Å². The summed E-state index contributed by atoms with van der Waals surface area (Å²) in [6, 6.07) is 6.30. The number of hydrogen-bond donors (Lipinski definition) is 0. The molecule has 0 bridgehead atoms. The molecule has 3 saturated heterocycles. The lowest BCUT2D eigenvalue weighted by Gasteiger charge is -2.45. The molecule has 0 radical (unpaired) electrons. The number of piperidine rings is 1. The van der Waals surface area contributed by atoms with Crippen LogP contribution in [0.15, 0.2) is 24.3 Å². The van der Waals surface area contributed by atoms with Crippen LogP contribution in [0.3, 0.4) is 0 Å². The predicted molar refractivity (Wildman–Crippen MR) is 118 cm³/mol. The van der Waals surface area contributed by atoms with Crippen molar-refractivity contribution >= 4 is 17.7 Å². The molecule has 3 heterocycles. The van der Waals surface area contributed by atoms with Crippen LogP contribution in [0.2, 0.25) is 0 Å². The maximum absolute atomic E-state index is 13.7. The van der Waals surface area contributed by atoms with Crippen molar-refractivity contribution in [1.82, 2.24) is 14.7 Å². The average Bonchev–Trinajstić information content (AvgIpc) is 3.47. The molecule has 3 amide bonds. The molecule has 8 nitrogen and oxygen atoms in total. The first-order valence-corrected chi connectivity index (χ1v) is 11.6. The topological polar surface area (TPSA) is 79.4 Å². The van der Waals surface area contributed by atoms with Crippen LogP contribution >= 0.6 is 0 Å². The molecular weight excluding hydrogens is 410 g/mol. The standard InChI is InChI=1S/C24H33N3O5/c1-17(2)21(28)26-14-10-24(11-15-26)27(22(29)18-6-8-19(31-3)9-7-18)20(16-32-24)23(30)25-12-4-5-13-25/h6-9,17,20H,4-5,10-16H2,1-3H3. The lowest BCUT2D eigenvalue weighted by Crippen LogP contribution is -2.60. The Morgan fingerprint density at radius 1 is 1.00 bits per heavy atom. The quantitative estimate of drug-likeness (QED) is 0.712. The Morgan fingerprint density at radius 3 is 2.19 bits per heavy atom. The number of carbonyl (C=O) groups is 3. The Bertz CT molecular complexity index is 855. The van der Waals surface area contributed by atoms with Crippen molar-refractivity contribution in [2.45, 2.75) is 51.3 Å². The van der Waals surface area contributed by atoms with Gasteiger partial charge in [0.2, 0.25) is 11.8 Å². The molecular formula is C24H33N3O5. The molecule has 1 atom stereocenters. The molecule has 0 aliphatic carbocycles. The van der Waals surface area contributed by atoms with Crippen molar-refractivity contribution in [3.63, 3.8) is 0 Å². The van der Waals surface area contributed by atoms with Gasteiger partial charge in [0, 0.05) is 50.5 Å². The molecule has 174 valence electrons. The molecule has 3 fully saturated rings. The monoisotopic (exact) mass is 443 g/mol. The van der Waals surface area contributed by atoms with E-state index in [2.05, 4.69) is 0 Å². The van der Waals surface area contributed by atoms with E-state index in [0.29, 0.717) is 37.2 Å². The lowest BCUT2D eigenvalue weighted by atomic mass is 9.95. The zero-order valence-corrected chi connectivity index (χ0v) is 19.2. The predicted octanol–water partition coefficient (Wildman–Crippen LogP) is 2.13. The van der Waals surface area contributed by atoms with Gasteiger partial charge in [-0.05, 0) is 37.1 Å². The van der Waals surface area contributed by atoms with Gasteiger partial charge in [0.1, 0.15) is 17.5 Å². The van der Waals surface area contributed by atoms with E-state index in [4.69, 9.17) is 9.47 Å². The van der Waals surface area contributed by atoms with Gasteiger partial charge >= 0.3 is 0 Å². The van der Waals surface area contributed by atoms with Gasteiger partial charge in [0.05, 0.1) is 13.7 Å². The maximum Gasteiger partial charge on any atom is 0.256 e. The molecule has 8 heteroatoms. The van der Waals surface area contributed by atoms with Gasteiger partial charge in [0.15, 0.2) is 0 Å². The molecule has 1 unspecified atom stereocenters. The first-order valence-electron chi connectivity index (χ1n) is 11.6. The van der Waals surface area contributed by atoms with E-state index in [-0.39, 0.29) is 30.2 Å². The highest BCUT2D eigenvalue weighted by atomic mass is 16.5. The van der Waals surface area contributed by atoms with Crippen LogP contribution in [0.1, 0.15) is 49.9 Å². The Balaban J connectivity index is 1.61. The van der Waals surface area contributed by atoms with Crippen molar-refractivity contribution in [3.8, 4) is 5.75 Å². The van der Waals surface area contributed by atoms with Gasteiger partial charge < -0.3 is 19.3 Å². The second-order valence-electron chi connectivity index (χ2n) is 9.19. The molecule has 1 spiro atoms. The molecule has 0 N–H and O–H groups in total. The van der Waals surface area contributed by atoms with Crippen LogP contribution in [-0.2, 0) is 14.3 Å². The fourth-order valence-corrected chi connectivity index (χ4v) is 5.02. The van der Waals surface area contributed by atoms with Crippen LogP contribution in [0.25, 0.3) is 0 Å². The molecule has 3 aliphatic rings. The summed E-state index contributed by atoms with van der Waals surface area (Å²) >= 11 is 0.